The van der Waals surface area contributed by atoms with Gasteiger partial charge in [-0.15, -0.1) is 28.6 Å². The van der Waals surface area contributed by atoms with E-state index >= 15 is 0 Å². The second-order valence-electron chi connectivity index (χ2n) is 7.30. The fraction of sp³-hybridized carbons (Fsp3) is 0.348. The van der Waals surface area contributed by atoms with Crippen LogP contribution in [-0.4, -0.2) is 27.1 Å². The lowest BCUT2D eigenvalue weighted by atomic mass is 10.1. The molecule has 0 aliphatic heterocycles. The van der Waals surface area contributed by atoms with Gasteiger partial charge in [0.05, 0.1) is 6.42 Å². The average molecular weight is 442 g/mol. The van der Waals surface area contributed by atoms with Crippen molar-refractivity contribution in [1.82, 2.24) is 10.2 Å². The molecule has 0 aliphatic rings. The lowest BCUT2D eigenvalue weighted by Crippen LogP contribution is -2.11. The molecule has 0 unspecified atom stereocenters. The highest BCUT2D eigenvalue weighted by atomic mass is 32.2. The first kappa shape index (κ1) is 22.4. The topological polar surface area (TPSA) is 68.0 Å². The summed E-state index contributed by atoms with van der Waals surface area (Å²) in [5.41, 5.74) is 2.34. The fourth-order valence-electron chi connectivity index (χ4n) is 2.75. The van der Waals surface area contributed by atoms with Gasteiger partial charge >= 0.3 is 6.01 Å². The second kappa shape index (κ2) is 11.2. The van der Waals surface area contributed by atoms with Crippen LogP contribution in [0.3, 0.4) is 0 Å². The number of anilines is 1. The smallest absolute Gasteiger partial charge is 0.322 e. The number of hydrogen-bond donors (Lipinski definition) is 1. The van der Waals surface area contributed by atoms with Gasteiger partial charge in [-0.25, -0.2) is 0 Å². The maximum atomic E-state index is 12.1. The number of hydrogen-bond acceptors (Lipinski definition) is 6. The van der Waals surface area contributed by atoms with Crippen LogP contribution in [0, 0.1) is 6.92 Å². The zero-order valence-corrected chi connectivity index (χ0v) is 19.2. The highest BCUT2D eigenvalue weighted by molar-refractivity contribution is 8.00. The predicted octanol–water partition coefficient (Wildman–Crippen LogP) is 5.98. The molecule has 5 nitrogen and oxygen atoms in total. The monoisotopic (exact) mass is 441 g/mol. The summed E-state index contributed by atoms with van der Waals surface area (Å²) < 4.78 is 5.58. The molecule has 0 saturated carbocycles. The quantitative estimate of drug-likeness (QED) is 0.308. The summed E-state index contributed by atoms with van der Waals surface area (Å²) in [6.45, 7) is 6.43. The van der Waals surface area contributed by atoms with E-state index in [4.69, 9.17) is 4.42 Å². The minimum Gasteiger partial charge on any atom is -0.407 e. The van der Waals surface area contributed by atoms with E-state index in [0.717, 1.165) is 17.7 Å². The van der Waals surface area contributed by atoms with Gasteiger partial charge in [0.2, 0.25) is 11.8 Å². The van der Waals surface area contributed by atoms with E-state index in [1.807, 2.05) is 11.8 Å². The Morgan fingerprint density at radius 3 is 2.43 bits per heavy atom. The summed E-state index contributed by atoms with van der Waals surface area (Å²) in [4.78, 5) is 14.6. The first-order valence-electron chi connectivity index (χ1n) is 10.1. The summed E-state index contributed by atoms with van der Waals surface area (Å²) in [5.74, 6) is 1.27. The van der Waals surface area contributed by atoms with Gasteiger partial charge in [-0.1, -0.05) is 48.8 Å². The highest BCUT2D eigenvalue weighted by Crippen LogP contribution is 2.24. The van der Waals surface area contributed by atoms with Crippen LogP contribution < -0.4 is 5.32 Å². The van der Waals surface area contributed by atoms with Crippen LogP contribution >= 0.6 is 23.5 Å². The molecule has 158 valence electrons. The maximum absolute atomic E-state index is 12.1. The Morgan fingerprint density at radius 1 is 1.03 bits per heavy atom. The molecule has 1 amide bonds. The average Bonchev–Trinajstić information content (AvgIpc) is 3.14. The minimum absolute atomic E-state index is 0.107. The molecule has 0 spiro atoms. The van der Waals surface area contributed by atoms with Crippen LogP contribution in [0.5, 0.6) is 0 Å². The Labute approximate surface area is 186 Å². The summed E-state index contributed by atoms with van der Waals surface area (Å²) in [6, 6.07) is 16.9. The van der Waals surface area contributed by atoms with E-state index in [1.54, 1.807) is 11.8 Å². The van der Waals surface area contributed by atoms with Crippen LogP contribution in [-0.2, 0) is 11.2 Å². The van der Waals surface area contributed by atoms with Crippen molar-refractivity contribution in [1.29, 1.82) is 0 Å². The highest BCUT2D eigenvalue weighted by Gasteiger charge is 2.10. The second-order valence-corrected chi connectivity index (χ2v) is 10.1. The SMILES string of the molecule is Cc1ccc(SCCCC(=O)Nc2nnc(Cc3ccc(SC(C)C)cc3)o2)cc1. The normalized spacial score (nSPS) is 11.1. The molecule has 1 N–H and O–H groups in total. The van der Waals surface area contributed by atoms with Gasteiger partial charge < -0.3 is 4.42 Å². The Morgan fingerprint density at radius 2 is 1.73 bits per heavy atom. The molecule has 0 bridgehead atoms. The van der Waals surface area contributed by atoms with Gasteiger partial charge in [0.25, 0.3) is 0 Å². The molecule has 0 atom stereocenters. The van der Waals surface area contributed by atoms with Gasteiger partial charge in [0.1, 0.15) is 0 Å². The molecule has 3 aromatic rings. The van der Waals surface area contributed by atoms with Crippen LogP contribution in [0.1, 0.15) is 43.7 Å². The molecule has 1 aromatic heterocycles. The maximum Gasteiger partial charge on any atom is 0.322 e. The zero-order chi connectivity index (χ0) is 21.3. The van der Waals surface area contributed by atoms with Crippen molar-refractivity contribution in [3.63, 3.8) is 0 Å². The number of rotatable bonds is 10. The third-order valence-electron chi connectivity index (χ3n) is 4.20. The molecule has 0 aliphatic carbocycles. The Bertz CT molecular complexity index is 938. The fourth-order valence-corrected chi connectivity index (χ4v) is 4.44. The van der Waals surface area contributed by atoms with Crippen LogP contribution in [0.25, 0.3) is 0 Å². The number of nitrogens with one attached hydrogen (secondary N) is 1. The van der Waals surface area contributed by atoms with E-state index in [-0.39, 0.29) is 11.9 Å². The molecule has 0 saturated heterocycles. The lowest BCUT2D eigenvalue weighted by Gasteiger charge is -2.05. The van der Waals surface area contributed by atoms with E-state index in [0.29, 0.717) is 24.0 Å². The van der Waals surface area contributed by atoms with Crippen molar-refractivity contribution in [2.75, 3.05) is 11.1 Å². The predicted molar refractivity (Wildman–Crippen MR) is 124 cm³/mol. The number of nitrogens with zero attached hydrogens (tertiary/aromatic N) is 2. The van der Waals surface area contributed by atoms with E-state index in [2.05, 4.69) is 84.8 Å². The van der Waals surface area contributed by atoms with Crippen LogP contribution in [0.4, 0.5) is 6.01 Å². The van der Waals surface area contributed by atoms with Gasteiger partial charge in [0, 0.05) is 21.5 Å². The minimum atomic E-state index is -0.107. The number of carbonyl (C=O) groups excluding carboxylic acids is 1. The summed E-state index contributed by atoms with van der Waals surface area (Å²) in [7, 11) is 0. The van der Waals surface area contributed by atoms with Crippen molar-refractivity contribution < 1.29 is 9.21 Å². The number of benzene rings is 2. The molecule has 7 heteroatoms. The van der Waals surface area contributed by atoms with Crippen molar-refractivity contribution in [3.8, 4) is 0 Å². The number of amides is 1. The van der Waals surface area contributed by atoms with Crippen LogP contribution in [0.2, 0.25) is 0 Å². The number of aromatic nitrogens is 2. The zero-order valence-electron chi connectivity index (χ0n) is 17.6. The van der Waals surface area contributed by atoms with Crippen molar-refractivity contribution in [2.24, 2.45) is 0 Å². The van der Waals surface area contributed by atoms with Gasteiger partial charge in [0.15, 0.2) is 0 Å². The number of aryl methyl sites for hydroxylation is 1. The molecular formula is C23H27N3O2S2. The van der Waals surface area contributed by atoms with E-state index in [9.17, 15) is 4.79 Å². The molecular weight excluding hydrogens is 414 g/mol. The lowest BCUT2D eigenvalue weighted by molar-refractivity contribution is -0.116. The van der Waals surface area contributed by atoms with Crippen molar-refractivity contribution in [3.05, 3.63) is 65.5 Å². The first-order valence-corrected chi connectivity index (χ1v) is 11.9. The van der Waals surface area contributed by atoms with Crippen molar-refractivity contribution in [2.45, 2.75) is 55.1 Å². The third kappa shape index (κ3) is 7.54. The van der Waals surface area contributed by atoms with Gasteiger partial charge in [-0.05, 0) is 48.9 Å². The number of thioether (sulfide) groups is 2. The van der Waals surface area contributed by atoms with Gasteiger partial charge in [-0.2, -0.15) is 0 Å². The largest absolute Gasteiger partial charge is 0.407 e. The number of carbonyl (C=O) groups is 1. The molecule has 30 heavy (non-hydrogen) atoms. The summed E-state index contributed by atoms with van der Waals surface area (Å²) in [6.07, 6.45) is 1.75. The summed E-state index contributed by atoms with van der Waals surface area (Å²) >= 11 is 3.58. The van der Waals surface area contributed by atoms with E-state index in [1.165, 1.54) is 15.4 Å². The van der Waals surface area contributed by atoms with Crippen molar-refractivity contribution >= 4 is 35.4 Å². The molecule has 1 heterocycles. The van der Waals surface area contributed by atoms with Gasteiger partial charge in [-0.3, -0.25) is 10.1 Å². The molecule has 0 radical (unpaired) electrons. The third-order valence-corrected chi connectivity index (χ3v) is 6.32. The van der Waals surface area contributed by atoms with E-state index < -0.39 is 0 Å². The Balaban J connectivity index is 1.40. The standard InChI is InChI=1S/C23H27N3O2S2/c1-16(2)30-20-12-8-18(9-13-20)15-22-25-26-23(28-22)24-21(27)5-4-14-29-19-10-6-17(3)7-11-19/h6-13,16H,4-5,14-15H2,1-3H3,(H,24,26,27). The Kier molecular flexibility index (Phi) is 8.39. The Hall–Kier alpha value is -2.25. The molecule has 0 fully saturated rings. The first-order chi connectivity index (χ1) is 14.5. The molecule has 2 aromatic carbocycles. The van der Waals surface area contributed by atoms with Crippen LogP contribution in [0.15, 0.2) is 62.7 Å². The summed E-state index contributed by atoms with van der Waals surface area (Å²) in [5, 5.41) is 11.2. The molecule has 3 rings (SSSR count).